The molecule has 0 fully saturated rings. The number of amides is 1. The number of halogens is 1. The lowest BCUT2D eigenvalue weighted by molar-refractivity contribution is 0.100. The smallest absolute Gasteiger partial charge is 0.276 e. The maximum atomic E-state index is 12.3. The van der Waals surface area contributed by atoms with Crippen molar-refractivity contribution in [2.45, 2.75) is 6.92 Å². The minimum absolute atomic E-state index is 0.0719. The predicted octanol–water partition coefficient (Wildman–Crippen LogP) is 4.33. The maximum Gasteiger partial charge on any atom is 0.276 e. The van der Waals surface area contributed by atoms with E-state index in [0.29, 0.717) is 22.1 Å². The number of hydrogen-bond donors (Lipinski definition) is 2. The van der Waals surface area contributed by atoms with Gasteiger partial charge in [0.15, 0.2) is 17.3 Å². The average molecular weight is 367 g/mol. The molecule has 0 saturated heterocycles. The molecule has 3 rings (SSSR count). The van der Waals surface area contributed by atoms with E-state index in [-0.39, 0.29) is 11.5 Å². The molecule has 0 saturated carbocycles. The first-order valence-corrected chi connectivity index (χ1v) is 8.18. The number of carbonyl (C=O) groups is 2. The van der Waals surface area contributed by atoms with Crippen LogP contribution in [0.5, 0.6) is 0 Å². The highest BCUT2D eigenvalue weighted by Gasteiger charge is 2.10. The van der Waals surface area contributed by atoms with Gasteiger partial charge in [-0.15, -0.1) is 10.2 Å². The van der Waals surface area contributed by atoms with Crippen molar-refractivity contribution in [1.82, 2.24) is 10.2 Å². The number of rotatable bonds is 5. The van der Waals surface area contributed by atoms with E-state index in [1.807, 2.05) is 12.1 Å². The Kier molecular flexibility index (Phi) is 5.24. The minimum Gasteiger partial charge on any atom is -0.339 e. The molecule has 0 atom stereocenters. The average Bonchev–Trinajstić information content (AvgIpc) is 2.62. The zero-order valence-corrected chi connectivity index (χ0v) is 14.6. The lowest BCUT2D eigenvalue weighted by Crippen LogP contribution is -2.14. The highest BCUT2D eigenvalue weighted by molar-refractivity contribution is 6.30. The van der Waals surface area contributed by atoms with Crippen LogP contribution in [0, 0.1) is 0 Å². The summed E-state index contributed by atoms with van der Waals surface area (Å²) in [7, 11) is 0. The Balaban J connectivity index is 1.69. The number of anilines is 3. The second kappa shape index (κ2) is 7.76. The van der Waals surface area contributed by atoms with Crippen LogP contribution in [0.15, 0.2) is 60.7 Å². The maximum absolute atomic E-state index is 12.3. The molecule has 3 aromatic rings. The summed E-state index contributed by atoms with van der Waals surface area (Å²) < 4.78 is 0. The lowest BCUT2D eigenvalue weighted by atomic mass is 10.1. The van der Waals surface area contributed by atoms with Gasteiger partial charge in [0.25, 0.3) is 5.91 Å². The quantitative estimate of drug-likeness (QED) is 0.656. The van der Waals surface area contributed by atoms with Crippen LogP contribution in [0.3, 0.4) is 0 Å². The second-order valence-corrected chi connectivity index (χ2v) is 5.97. The van der Waals surface area contributed by atoms with Crippen LogP contribution in [-0.2, 0) is 0 Å². The molecule has 0 aliphatic carbocycles. The van der Waals surface area contributed by atoms with E-state index in [0.717, 1.165) is 5.69 Å². The SMILES string of the molecule is CC(=O)c1cccc(NC(=O)c2ccc(Nc3cccc(Cl)c3)nn2)c1. The number of hydrogen-bond acceptors (Lipinski definition) is 5. The standard InChI is InChI=1S/C19H15ClN4O2/c1-12(25)13-4-2-6-15(10-13)22-19(26)17-8-9-18(24-23-17)21-16-7-3-5-14(20)11-16/h2-11H,1H3,(H,21,24)(H,22,26). The number of ketones is 1. The molecule has 1 heterocycles. The van der Waals surface area contributed by atoms with Gasteiger partial charge in [-0.05, 0) is 49.4 Å². The Hall–Kier alpha value is -3.25. The Labute approximate surface area is 155 Å². The molecule has 1 aromatic heterocycles. The molecule has 130 valence electrons. The Morgan fingerprint density at radius 3 is 2.38 bits per heavy atom. The number of nitrogens with zero attached hydrogens (tertiary/aromatic N) is 2. The number of aromatic nitrogens is 2. The van der Waals surface area contributed by atoms with Gasteiger partial charge in [-0.1, -0.05) is 29.8 Å². The van der Waals surface area contributed by atoms with Gasteiger partial charge in [0.2, 0.25) is 0 Å². The summed E-state index contributed by atoms with van der Waals surface area (Å²) in [4.78, 5) is 23.7. The molecule has 26 heavy (non-hydrogen) atoms. The van der Waals surface area contributed by atoms with Crippen LogP contribution in [-0.4, -0.2) is 21.9 Å². The van der Waals surface area contributed by atoms with E-state index in [4.69, 9.17) is 11.6 Å². The van der Waals surface area contributed by atoms with Crippen molar-refractivity contribution in [3.05, 3.63) is 76.9 Å². The lowest BCUT2D eigenvalue weighted by Gasteiger charge is -2.07. The third kappa shape index (κ3) is 4.43. The zero-order valence-electron chi connectivity index (χ0n) is 13.9. The summed E-state index contributed by atoms with van der Waals surface area (Å²) in [5.74, 6) is 0.00670. The van der Waals surface area contributed by atoms with Crippen LogP contribution in [0.2, 0.25) is 5.02 Å². The first-order chi connectivity index (χ1) is 12.5. The molecule has 1 amide bonds. The second-order valence-electron chi connectivity index (χ2n) is 5.53. The molecule has 0 aliphatic rings. The first-order valence-electron chi connectivity index (χ1n) is 7.80. The van der Waals surface area contributed by atoms with Crippen molar-refractivity contribution >= 4 is 40.5 Å². The predicted molar refractivity (Wildman–Crippen MR) is 101 cm³/mol. The fourth-order valence-corrected chi connectivity index (χ4v) is 2.44. The summed E-state index contributed by atoms with van der Waals surface area (Å²) >= 11 is 5.94. The molecule has 2 N–H and O–H groups in total. The fourth-order valence-electron chi connectivity index (χ4n) is 2.25. The van der Waals surface area contributed by atoms with E-state index in [1.54, 1.807) is 48.5 Å². The summed E-state index contributed by atoms with van der Waals surface area (Å²) in [6.07, 6.45) is 0. The van der Waals surface area contributed by atoms with Crippen molar-refractivity contribution < 1.29 is 9.59 Å². The highest BCUT2D eigenvalue weighted by Crippen LogP contribution is 2.18. The van der Waals surface area contributed by atoms with Crippen LogP contribution in [0.4, 0.5) is 17.2 Å². The molecular weight excluding hydrogens is 352 g/mol. The first kappa shape index (κ1) is 17.6. The van der Waals surface area contributed by atoms with E-state index in [2.05, 4.69) is 20.8 Å². The van der Waals surface area contributed by atoms with Gasteiger partial charge in [-0.3, -0.25) is 9.59 Å². The Morgan fingerprint density at radius 1 is 0.923 bits per heavy atom. The molecule has 0 spiro atoms. The topological polar surface area (TPSA) is 84.0 Å². The van der Waals surface area contributed by atoms with Crippen LogP contribution < -0.4 is 10.6 Å². The largest absolute Gasteiger partial charge is 0.339 e. The van der Waals surface area contributed by atoms with E-state index in [1.165, 1.54) is 6.92 Å². The molecule has 2 aromatic carbocycles. The molecular formula is C19H15ClN4O2. The third-order valence-electron chi connectivity index (χ3n) is 3.52. The van der Waals surface area contributed by atoms with Gasteiger partial charge in [0.1, 0.15) is 0 Å². The minimum atomic E-state index is -0.410. The number of benzene rings is 2. The Bertz CT molecular complexity index is 958. The number of carbonyl (C=O) groups excluding carboxylic acids is 2. The summed E-state index contributed by atoms with van der Waals surface area (Å²) in [5, 5.41) is 14.3. The normalized spacial score (nSPS) is 10.2. The van der Waals surface area contributed by atoms with Gasteiger partial charge in [0, 0.05) is 22.0 Å². The Morgan fingerprint density at radius 2 is 1.69 bits per heavy atom. The van der Waals surface area contributed by atoms with Crippen molar-refractivity contribution in [2.75, 3.05) is 10.6 Å². The monoisotopic (exact) mass is 366 g/mol. The van der Waals surface area contributed by atoms with Crippen molar-refractivity contribution in [1.29, 1.82) is 0 Å². The molecule has 0 unspecified atom stereocenters. The summed E-state index contributed by atoms with van der Waals surface area (Å²) in [5.41, 5.74) is 1.97. The van der Waals surface area contributed by atoms with Gasteiger partial charge in [-0.25, -0.2) is 0 Å². The van der Waals surface area contributed by atoms with Crippen molar-refractivity contribution in [3.8, 4) is 0 Å². The van der Waals surface area contributed by atoms with Crippen LogP contribution in [0.25, 0.3) is 0 Å². The van der Waals surface area contributed by atoms with Crippen LogP contribution >= 0.6 is 11.6 Å². The van der Waals surface area contributed by atoms with E-state index < -0.39 is 5.91 Å². The number of Topliss-reactive ketones (excluding diaryl/α,β-unsaturated/α-hetero) is 1. The molecule has 6 nitrogen and oxygen atoms in total. The molecule has 0 radical (unpaired) electrons. The fraction of sp³-hybridized carbons (Fsp3) is 0.0526. The van der Waals surface area contributed by atoms with Gasteiger partial charge in [-0.2, -0.15) is 0 Å². The highest BCUT2D eigenvalue weighted by atomic mass is 35.5. The van der Waals surface area contributed by atoms with E-state index >= 15 is 0 Å². The zero-order chi connectivity index (χ0) is 18.5. The van der Waals surface area contributed by atoms with Crippen molar-refractivity contribution in [3.63, 3.8) is 0 Å². The van der Waals surface area contributed by atoms with Gasteiger partial charge >= 0.3 is 0 Å². The van der Waals surface area contributed by atoms with Gasteiger partial charge < -0.3 is 10.6 Å². The molecule has 0 bridgehead atoms. The number of nitrogens with one attached hydrogen (secondary N) is 2. The molecule has 7 heteroatoms. The third-order valence-corrected chi connectivity index (χ3v) is 3.76. The summed E-state index contributed by atoms with van der Waals surface area (Å²) in [6.45, 7) is 1.47. The van der Waals surface area contributed by atoms with Gasteiger partial charge in [0.05, 0.1) is 0 Å². The van der Waals surface area contributed by atoms with Crippen LogP contribution in [0.1, 0.15) is 27.8 Å². The summed E-state index contributed by atoms with van der Waals surface area (Å²) in [6, 6.07) is 17.1. The van der Waals surface area contributed by atoms with Crippen molar-refractivity contribution in [2.24, 2.45) is 0 Å². The molecule has 0 aliphatic heterocycles. The van der Waals surface area contributed by atoms with E-state index in [9.17, 15) is 9.59 Å².